The van der Waals surface area contributed by atoms with Crippen LogP contribution in [0, 0.1) is 0 Å². The normalized spacial score (nSPS) is 13.0. The Hall–Kier alpha value is -1.68. The van der Waals surface area contributed by atoms with Crippen molar-refractivity contribution in [2.75, 3.05) is 5.73 Å². The number of aromatic nitrogens is 2. The summed E-state index contributed by atoms with van der Waals surface area (Å²) in [7, 11) is 0. The number of aliphatic hydroxyl groups excluding tert-OH is 1. The molecule has 1 aromatic carbocycles. The van der Waals surface area contributed by atoms with Gasteiger partial charge in [0.05, 0.1) is 5.52 Å². The lowest BCUT2D eigenvalue weighted by atomic mass is 10.2. The van der Waals surface area contributed by atoms with E-state index >= 15 is 0 Å². The summed E-state index contributed by atoms with van der Waals surface area (Å²) in [6, 6.07) is 5.40. The van der Waals surface area contributed by atoms with Crippen molar-refractivity contribution in [2.45, 2.75) is 13.0 Å². The average Bonchev–Trinajstić information content (AvgIpc) is 2.16. The molecular weight excluding hydrogens is 178 g/mol. The Kier molecular flexibility index (Phi) is 2.05. The second kappa shape index (κ2) is 3.23. The minimum absolute atomic E-state index is 0.433. The third-order valence-corrected chi connectivity index (χ3v) is 2.00. The van der Waals surface area contributed by atoms with Crippen molar-refractivity contribution in [1.29, 1.82) is 0 Å². The van der Waals surface area contributed by atoms with Gasteiger partial charge in [0, 0.05) is 17.3 Å². The van der Waals surface area contributed by atoms with Gasteiger partial charge in [0.1, 0.15) is 6.10 Å². The summed E-state index contributed by atoms with van der Waals surface area (Å²) in [6.07, 6.45) is 1.03. The predicted molar refractivity (Wildman–Crippen MR) is 54.6 cm³/mol. The second-order valence-electron chi connectivity index (χ2n) is 3.22. The molecule has 4 nitrogen and oxygen atoms in total. The van der Waals surface area contributed by atoms with Gasteiger partial charge in [0.15, 0.2) is 5.82 Å². The van der Waals surface area contributed by atoms with Crippen molar-refractivity contribution in [2.24, 2.45) is 0 Å². The van der Waals surface area contributed by atoms with Crippen molar-refractivity contribution in [1.82, 2.24) is 9.97 Å². The number of nitrogens with zero attached hydrogens (tertiary/aromatic N) is 2. The van der Waals surface area contributed by atoms with Gasteiger partial charge < -0.3 is 10.8 Å². The van der Waals surface area contributed by atoms with Crippen LogP contribution in [-0.4, -0.2) is 15.1 Å². The predicted octanol–water partition coefficient (Wildman–Crippen LogP) is 1.27. The molecule has 1 heterocycles. The summed E-state index contributed by atoms with van der Waals surface area (Å²) in [4.78, 5) is 8.23. The van der Waals surface area contributed by atoms with Crippen LogP contribution in [0.1, 0.15) is 18.9 Å². The number of anilines is 1. The van der Waals surface area contributed by atoms with Crippen LogP contribution >= 0.6 is 0 Å². The van der Waals surface area contributed by atoms with Crippen LogP contribution in [0.5, 0.6) is 0 Å². The lowest BCUT2D eigenvalue weighted by molar-refractivity contribution is 0.189. The van der Waals surface area contributed by atoms with Gasteiger partial charge in [0.2, 0.25) is 0 Å². The van der Waals surface area contributed by atoms with E-state index in [-0.39, 0.29) is 0 Å². The lowest BCUT2D eigenvalue weighted by Gasteiger charge is -2.04. The molecule has 0 radical (unpaired) electrons. The van der Waals surface area contributed by atoms with Gasteiger partial charge >= 0.3 is 0 Å². The first kappa shape index (κ1) is 8.90. The zero-order valence-corrected chi connectivity index (χ0v) is 7.81. The molecule has 0 spiro atoms. The number of hydrogen-bond acceptors (Lipinski definition) is 4. The molecule has 0 aliphatic heterocycles. The monoisotopic (exact) mass is 189 g/mol. The van der Waals surface area contributed by atoms with Gasteiger partial charge in [-0.05, 0) is 25.1 Å². The minimum Gasteiger partial charge on any atom is -0.399 e. The highest BCUT2D eigenvalue weighted by molar-refractivity contribution is 5.80. The van der Waals surface area contributed by atoms with Crippen molar-refractivity contribution in [3.05, 3.63) is 30.2 Å². The molecule has 14 heavy (non-hydrogen) atoms. The molecule has 72 valence electrons. The number of aliphatic hydroxyl groups is 1. The van der Waals surface area contributed by atoms with E-state index in [0.29, 0.717) is 11.5 Å². The van der Waals surface area contributed by atoms with Crippen LogP contribution in [0.3, 0.4) is 0 Å². The average molecular weight is 189 g/mol. The summed E-state index contributed by atoms with van der Waals surface area (Å²) in [5, 5.41) is 10.2. The van der Waals surface area contributed by atoms with Crippen LogP contribution < -0.4 is 5.73 Å². The summed E-state index contributed by atoms with van der Waals surface area (Å²) in [6.45, 7) is 1.64. The van der Waals surface area contributed by atoms with Crippen LogP contribution in [-0.2, 0) is 0 Å². The molecule has 0 amide bonds. The Morgan fingerprint density at radius 2 is 2.21 bits per heavy atom. The standard InChI is InChI=1S/C10H11N3O/c1-6(14)10-12-5-7-4-8(11)2-3-9(7)13-10/h2-6,14H,11H2,1H3/t6-/m0/s1. The number of hydrogen-bond donors (Lipinski definition) is 2. The van der Waals surface area contributed by atoms with E-state index in [1.807, 2.05) is 6.07 Å². The second-order valence-corrected chi connectivity index (χ2v) is 3.22. The Labute approximate surface area is 81.4 Å². The topological polar surface area (TPSA) is 72.0 Å². The van der Waals surface area contributed by atoms with Gasteiger partial charge in [-0.25, -0.2) is 9.97 Å². The lowest BCUT2D eigenvalue weighted by Crippen LogP contribution is -1.99. The minimum atomic E-state index is -0.642. The largest absolute Gasteiger partial charge is 0.399 e. The van der Waals surface area contributed by atoms with Gasteiger partial charge in [0.25, 0.3) is 0 Å². The summed E-state index contributed by atoms with van der Waals surface area (Å²) in [5.41, 5.74) is 7.10. The highest BCUT2D eigenvalue weighted by atomic mass is 16.3. The fraction of sp³-hybridized carbons (Fsp3) is 0.200. The smallest absolute Gasteiger partial charge is 0.157 e. The molecule has 2 aromatic rings. The molecule has 1 atom stereocenters. The third-order valence-electron chi connectivity index (χ3n) is 2.00. The molecule has 0 saturated carbocycles. The van der Waals surface area contributed by atoms with Gasteiger partial charge in [-0.1, -0.05) is 0 Å². The van der Waals surface area contributed by atoms with Gasteiger partial charge in [-0.2, -0.15) is 0 Å². The van der Waals surface area contributed by atoms with Crippen molar-refractivity contribution < 1.29 is 5.11 Å². The van der Waals surface area contributed by atoms with E-state index in [1.165, 1.54) is 0 Å². The Morgan fingerprint density at radius 1 is 1.43 bits per heavy atom. The molecule has 3 N–H and O–H groups in total. The number of fused-ring (bicyclic) bond motifs is 1. The molecule has 0 aliphatic carbocycles. The van der Waals surface area contributed by atoms with Crippen LogP contribution in [0.4, 0.5) is 5.69 Å². The molecule has 0 bridgehead atoms. The van der Waals surface area contributed by atoms with Gasteiger partial charge in [-0.3, -0.25) is 0 Å². The zero-order chi connectivity index (χ0) is 10.1. The molecule has 0 unspecified atom stereocenters. The highest BCUT2D eigenvalue weighted by Crippen LogP contribution is 2.16. The van der Waals surface area contributed by atoms with E-state index < -0.39 is 6.10 Å². The van der Waals surface area contributed by atoms with Crippen LogP contribution in [0.25, 0.3) is 10.9 Å². The first-order valence-corrected chi connectivity index (χ1v) is 4.37. The van der Waals surface area contributed by atoms with E-state index in [0.717, 1.165) is 10.9 Å². The van der Waals surface area contributed by atoms with Crippen molar-refractivity contribution in [3.8, 4) is 0 Å². The maximum Gasteiger partial charge on any atom is 0.157 e. The van der Waals surface area contributed by atoms with Crippen molar-refractivity contribution in [3.63, 3.8) is 0 Å². The molecule has 0 saturated heterocycles. The number of benzene rings is 1. The Bertz CT molecular complexity index is 468. The molecule has 1 aromatic heterocycles. The third kappa shape index (κ3) is 1.52. The quantitative estimate of drug-likeness (QED) is 0.662. The van der Waals surface area contributed by atoms with E-state index in [4.69, 9.17) is 5.73 Å². The fourth-order valence-electron chi connectivity index (χ4n) is 1.27. The molecule has 0 aliphatic rings. The summed E-state index contributed by atoms with van der Waals surface area (Å²) >= 11 is 0. The van der Waals surface area contributed by atoms with E-state index in [9.17, 15) is 5.11 Å². The Balaban J connectivity index is 2.62. The molecular formula is C10H11N3O. The Morgan fingerprint density at radius 3 is 2.93 bits per heavy atom. The maximum atomic E-state index is 9.29. The van der Waals surface area contributed by atoms with Crippen LogP contribution in [0.2, 0.25) is 0 Å². The summed E-state index contributed by atoms with van der Waals surface area (Å²) < 4.78 is 0. The van der Waals surface area contributed by atoms with E-state index in [1.54, 1.807) is 25.3 Å². The first-order chi connectivity index (χ1) is 6.66. The zero-order valence-electron chi connectivity index (χ0n) is 7.81. The number of nitrogen functional groups attached to an aromatic ring is 1. The fourth-order valence-corrected chi connectivity index (χ4v) is 1.27. The highest BCUT2D eigenvalue weighted by Gasteiger charge is 2.04. The SMILES string of the molecule is C[C@H](O)c1ncc2cc(N)ccc2n1. The molecule has 0 fully saturated rings. The number of nitrogens with two attached hydrogens (primary N) is 1. The van der Waals surface area contributed by atoms with E-state index in [2.05, 4.69) is 9.97 Å². The maximum absolute atomic E-state index is 9.29. The van der Waals surface area contributed by atoms with Crippen molar-refractivity contribution >= 4 is 16.6 Å². The number of rotatable bonds is 1. The first-order valence-electron chi connectivity index (χ1n) is 4.37. The summed E-state index contributed by atoms with van der Waals surface area (Å²) in [5.74, 6) is 0.433. The molecule has 4 heteroatoms. The van der Waals surface area contributed by atoms with Crippen LogP contribution in [0.15, 0.2) is 24.4 Å². The van der Waals surface area contributed by atoms with Gasteiger partial charge in [-0.15, -0.1) is 0 Å². The molecule has 2 rings (SSSR count).